The van der Waals surface area contributed by atoms with Crippen molar-refractivity contribution in [3.63, 3.8) is 0 Å². The molecular formula is C22H15F5N6O2. The van der Waals surface area contributed by atoms with Gasteiger partial charge in [0.2, 0.25) is 5.91 Å². The van der Waals surface area contributed by atoms with Crippen LogP contribution in [-0.2, 0) is 11.3 Å². The van der Waals surface area contributed by atoms with Gasteiger partial charge in [-0.2, -0.15) is 18.3 Å². The predicted molar refractivity (Wildman–Crippen MR) is 111 cm³/mol. The highest BCUT2D eigenvalue weighted by atomic mass is 19.4. The van der Waals surface area contributed by atoms with Crippen molar-refractivity contribution in [3.8, 4) is 22.9 Å². The fourth-order valence-electron chi connectivity index (χ4n) is 3.56. The Morgan fingerprint density at radius 1 is 1.11 bits per heavy atom. The molecule has 0 saturated heterocycles. The second kappa shape index (κ2) is 8.25. The molecule has 0 bridgehead atoms. The average Bonchev–Trinajstić information content (AvgIpc) is 3.29. The molecule has 4 aromatic rings. The minimum Gasteiger partial charge on any atom is -0.364 e. The van der Waals surface area contributed by atoms with E-state index < -0.39 is 35.0 Å². The molecule has 0 spiro atoms. The van der Waals surface area contributed by atoms with E-state index in [0.29, 0.717) is 17.0 Å². The van der Waals surface area contributed by atoms with Gasteiger partial charge in [-0.25, -0.2) is 18.7 Å². The largest absolute Gasteiger partial charge is 0.403 e. The third-order valence-electron chi connectivity index (χ3n) is 5.69. The van der Waals surface area contributed by atoms with Crippen LogP contribution >= 0.6 is 0 Å². The number of halogens is 5. The normalized spacial score (nSPS) is 14.7. The van der Waals surface area contributed by atoms with Gasteiger partial charge in [-0.15, -0.1) is 0 Å². The van der Waals surface area contributed by atoms with E-state index in [1.807, 2.05) is 5.32 Å². The molecule has 13 heteroatoms. The summed E-state index contributed by atoms with van der Waals surface area (Å²) in [6, 6.07) is 9.08. The maximum Gasteiger partial charge on any atom is 0.403 e. The number of hydrogen-bond acceptors (Lipinski definition) is 6. The van der Waals surface area contributed by atoms with Crippen LogP contribution in [0.15, 0.2) is 53.4 Å². The zero-order valence-corrected chi connectivity index (χ0v) is 17.7. The Morgan fingerprint density at radius 3 is 2.54 bits per heavy atom. The van der Waals surface area contributed by atoms with Gasteiger partial charge in [0, 0.05) is 11.6 Å². The lowest BCUT2D eigenvalue weighted by atomic mass is 10.1. The van der Waals surface area contributed by atoms with E-state index in [4.69, 9.17) is 4.52 Å². The summed E-state index contributed by atoms with van der Waals surface area (Å²) in [6.07, 6.45) is -3.49. The first kappa shape index (κ1) is 22.6. The zero-order chi connectivity index (χ0) is 24.8. The van der Waals surface area contributed by atoms with Crippen LogP contribution in [0.25, 0.3) is 22.9 Å². The van der Waals surface area contributed by atoms with Crippen LogP contribution in [0.3, 0.4) is 0 Å². The van der Waals surface area contributed by atoms with Crippen molar-refractivity contribution in [2.24, 2.45) is 5.41 Å². The highest BCUT2D eigenvalue weighted by molar-refractivity contribution is 5.97. The van der Waals surface area contributed by atoms with Gasteiger partial charge in [0.1, 0.15) is 28.9 Å². The summed E-state index contributed by atoms with van der Waals surface area (Å²) < 4.78 is 74.5. The van der Waals surface area contributed by atoms with Gasteiger partial charge < -0.3 is 9.84 Å². The van der Waals surface area contributed by atoms with E-state index in [2.05, 4.69) is 20.2 Å². The van der Waals surface area contributed by atoms with Crippen LogP contribution in [-0.4, -0.2) is 37.0 Å². The van der Waals surface area contributed by atoms with E-state index in [1.165, 1.54) is 23.1 Å². The Morgan fingerprint density at radius 2 is 1.89 bits per heavy atom. The standard InChI is InChI=1S/C22H15F5N6O2/c23-13-4-2-1-3-12(13)11-33-17(15-5-8-35-32-15)9-16(31-33)19-28-10-14(24)18(29-19)30-20(34)21(6-7-21)22(25,26)27/h1-5,8-10H,6-7,11H2,(H,28,29,30,34). The van der Waals surface area contributed by atoms with Gasteiger partial charge in [0.15, 0.2) is 17.5 Å². The van der Waals surface area contributed by atoms with Crippen molar-refractivity contribution in [2.45, 2.75) is 25.6 Å². The molecule has 1 N–H and O–H groups in total. The lowest BCUT2D eigenvalue weighted by Gasteiger charge is -2.18. The van der Waals surface area contributed by atoms with Crippen molar-refractivity contribution in [1.29, 1.82) is 0 Å². The van der Waals surface area contributed by atoms with Crippen molar-refractivity contribution < 1.29 is 31.3 Å². The summed E-state index contributed by atoms with van der Waals surface area (Å²) in [5.41, 5.74) is -1.39. The van der Waals surface area contributed by atoms with Crippen LogP contribution in [0.5, 0.6) is 0 Å². The summed E-state index contributed by atoms with van der Waals surface area (Å²) in [5.74, 6) is -3.83. The second-order valence-electron chi connectivity index (χ2n) is 7.97. The Bertz CT molecular complexity index is 1400. The van der Waals surface area contributed by atoms with Gasteiger partial charge in [0.25, 0.3) is 0 Å². The van der Waals surface area contributed by atoms with E-state index in [1.54, 1.807) is 24.3 Å². The number of anilines is 1. The van der Waals surface area contributed by atoms with Crippen molar-refractivity contribution in [3.05, 3.63) is 66.1 Å². The molecule has 0 aliphatic heterocycles. The van der Waals surface area contributed by atoms with Gasteiger partial charge in [-0.1, -0.05) is 23.4 Å². The fraction of sp³-hybridized carbons (Fsp3) is 0.227. The van der Waals surface area contributed by atoms with Gasteiger partial charge >= 0.3 is 6.18 Å². The fourth-order valence-corrected chi connectivity index (χ4v) is 3.56. The molecule has 0 unspecified atom stereocenters. The number of hydrogen-bond donors (Lipinski definition) is 1. The average molecular weight is 490 g/mol. The number of nitrogens with zero attached hydrogens (tertiary/aromatic N) is 5. The third kappa shape index (κ3) is 4.13. The summed E-state index contributed by atoms with van der Waals surface area (Å²) in [5, 5.41) is 10.1. The first-order chi connectivity index (χ1) is 16.7. The first-order valence-electron chi connectivity index (χ1n) is 10.3. The second-order valence-corrected chi connectivity index (χ2v) is 7.97. The minimum absolute atomic E-state index is 0.00619. The molecule has 1 amide bonds. The SMILES string of the molecule is O=C(Nc1nc(-c2cc(-c3ccon3)n(Cc3ccccc3F)n2)ncc1F)C1(C(F)(F)F)CC1. The van der Waals surface area contributed by atoms with Gasteiger partial charge in [-0.05, 0) is 25.0 Å². The van der Waals surface area contributed by atoms with Crippen LogP contribution in [0.1, 0.15) is 18.4 Å². The Balaban J connectivity index is 1.49. The molecule has 180 valence electrons. The van der Waals surface area contributed by atoms with Crippen molar-refractivity contribution >= 4 is 11.7 Å². The number of alkyl halides is 3. The number of nitrogens with one attached hydrogen (secondary N) is 1. The van der Waals surface area contributed by atoms with E-state index in [0.717, 1.165) is 6.20 Å². The molecule has 5 rings (SSSR count). The number of carbonyl (C=O) groups excluding carboxylic acids is 1. The number of rotatable bonds is 6. The minimum atomic E-state index is -4.76. The third-order valence-corrected chi connectivity index (χ3v) is 5.69. The number of amides is 1. The van der Waals surface area contributed by atoms with Crippen molar-refractivity contribution in [1.82, 2.24) is 24.9 Å². The lowest BCUT2D eigenvalue weighted by molar-refractivity contribution is -0.189. The molecule has 1 aliphatic carbocycles. The summed E-state index contributed by atoms with van der Waals surface area (Å²) in [4.78, 5) is 20.0. The molecule has 1 fully saturated rings. The summed E-state index contributed by atoms with van der Waals surface area (Å²) >= 11 is 0. The van der Waals surface area contributed by atoms with Crippen LogP contribution in [0.4, 0.5) is 27.8 Å². The van der Waals surface area contributed by atoms with Crippen LogP contribution < -0.4 is 5.32 Å². The smallest absolute Gasteiger partial charge is 0.364 e. The molecule has 3 aromatic heterocycles. The molecular weight excluding hydrogens is 475 g/mol. The topological polar surface area (TPSA) is 98.7 Å². The lowest BCUT2D eigenvalue weighted by Crippen LogP contribution is -2.37. The highest BCUT2D eigenvalue weighted by Gasteiger charge is 2.68. The Kier molecular flexibility index (Phi) is 5.33. The maximum absolute atomic E-state index is 14.3. The number of benzene rings is 1. The molecule has 8 nitrogen and oxygen atoms in total. The number of aromatic nitrogens is 5. The predicted octanol–water partition coefficient (Wildman–Crippen LogP) is 4.60. The van der Waals surface area contributed by atoms with Gasteiger partial charge in [0.05, 0.1) is 18.4 Å². The molecule has 1 saturated carbocycles. The quantitative estimate of drug-likeness (QED) is 0.397. The van der Waals surface area contributed by atoms with Crippen molar-refractivity contribution in [2.75, 3.05) is 5.32 Å². The van der Waals surface area contributed by atoms with E-state index in [9.17, 15) is 26.7 Å². The summed E-state index contributed by atoms with van der Waals surface area (Å²) in [7, 11) is 0. The highest BCUT2D eigenvalue weighted by Crippen LogP contribution is 2.58. The van der Waals surface area contributed by atoms with E-state index >= 15 is 0 Å². The Labute approximate surface area is 193 Å². The molecule has 35 heavy (non-hydrogen) atoms. The Hall–Kier alpha value is -4.16. The first-order valence-corrected chi connectivity index (χ1v) is 10.3. The van der Waals surface area contributed by atoms with Crippen LogP contribution in [0, 0.1) is 17.0 Å². The number of carbonyl (C=O) groups is 1. The van der Waals surface area contributed by atoms with Crippen LogP contribution in [0.2, 0.25) is 0 Å². The molecule has 3 heterocycles. The molecule has 0 radical (unpaired) electrons. The molecule has 0 atom stereocenters. The maximum atomic E-state index is 14.3. The van der Waals surface area contributed by atoms with Gasteiger partial charge in [-0.3, -0.25) is 9.48 Å². The molecule has 1 aromatic carbocycles. The summed E-state index contributed by atoms with van der Waals surface area (Å²) in [6.45, 7) is -0.00619. The zero-order valence-electron chi connectivity index (χ0n) is 17.7. The monoisotopic (exact) mass is 490 g/mol. The van der Waals surface area contributed by atoms with E-state index in [-0.39, 0.29) is 30.9 Å². The molecule has 1 aliphatic rings.